The highest BCUT2D eigenvalue weighted by Crippen LogP contribution is 2.26. The molecule has 4 heteroatoms. The molecule has 2 heterocycles. The first-order valence-corrected chi connectivity index (χ1v) is 12.7. The number of ether oxygens (including phenoxy) is 2. The quantitative estimate of drug-likeness (QED) is 0.608. The average Bonchev–Trinajstić information content (AvgIpc) is 2.84. The lowest BCUT2D eigenvalue weighted by Gasteiger charge is -2.38. The first-order valence-electron chi connectivity index (χ1n) is 12.7. The van der Waals surface area contributed by atoms with Crippen molar-refractivity contribution in [2.24, 2.45) is 17.8 Å². The predicted molar refractivity (Wildman–Crippen MR) is 128 cm³/mol. The van der Waals surface area contributed by atoms with Crippen molar-refractivity contribution in [1.29, 1.82) is 0 Å². The first kappa shape index (κ1) is 22.8. The van der Waals surface area contributed by atoms with Gasteiger partial charge in [0.1, 0.15) is 12.0 Å². The molecule has 1 aromatic carbocycles. The van der Waals surface area contributed by atoms with Crippen LogP contribution in [0.1, 0.15) is 63.4 Å². The summed E-state index contributed by atoms with van der Waals surface area (Å²) in [5, 5.41) is 3.52. The molecule has 0 radical (unpaired) electrons. The molecule has 2 atom stereocenters. The second-order valence-corrected chi connectivity index (χ2v) is 9.90. The first-order chi connectivity index (χ1) is 15.3. The van der Waals surface area contributed by atoms with Crippen molar-refractivity contribution >= 4 is 6.08 Å². The van der Waals surface area contributed by atoms with Gasteiger partial charge in [0.25, 0.3) is 0 Å². The van der Waals surface area contributed by atoms with E-state index in [2.05, 4.69) is 46.6 Å². The van der Waals surface area contributed by atoms with E-state index in [1.807, 2.05) is 7.11 Å². The van der Waals surface area contributed by atoms with Crippen LogP contribution in [0.5, 0.6) is 5.75 Å². The summed E-state index contributed by atoms with van der Waals surface area (Å²) < 4.78 is 11.8. The molecule has 1 aromatic rings. The standard InChI is InChI=1S/C27H42N2O2/c1-30-27-25(10-6-16-28-27)20-29-17-14-22(15-18-29)12-13-23-9-5-11-26(19-23)31-21-24-7-3-2-4-8-24/h5,9,11-13,19,22,24-25,27-28H,2-4,6-8,10,14-18,20-21H2,1H3. The number of hydrogen-bond acceptors (Lipinski definition) is 4. The number of hydrogen-bond donors (Lipinski definition) is 1. The number of methoxy groups -OCH3 is 1. The molecule has 1 saturated carbocycles. The van der Waals surface area contributed by atoms with Gasteiger partial charge in [-0.1, -0.05) is 43.5 Å². The summed E-state index contributed by atoms with van der Waals surface area (Å²) in [5.41, 5.74) is 1.26. The van der Waals surface area contributed by atoms with E-state index in [9.17, 15) is 0 Å². The maximum absolute atomic E-state index is 6.13. The summed E-state index contributed by atoms with van der Waals surface area (Å²) >= 11 is 0. The van der Waals surface area contributed by atoms with Crippen LogP contribution in [-0.2, 0) is 4.74 Å². The van der Waals surface area contributed by atoms with Crippen LogP contribution in [0.2, 0.25) is 0 Å². The lowest BCUT2D eigenvalue weighted by Crippen LogP contribution is -2.48. The van der Waals surface area contributed by atoms with Crippen molar-refractivity contribution in [2.75, 3.05) is 39.9 Å². The molecule has 1 N–H and O–H groups in total. The summed E-state index contributed by atoms with van der Waals surface area (Å²) in [6.45, 7) is 5.54. The van der Waals surface area contributed by atoms with Gasteiger partial charge >= 0.3 is 0 Å². The minimum atomic E-state index is 0.235. The van der Waals surface area contributed by atoms with Gasteiger partial charge in [-0.2, -0.15) is 0 Å². The van der Waals surface area contributed by atoms with E-state index in [0.717, 1.165) is 24.8 Å². The Morgan fingerprint density at radius 3 is 2.68 bits per heavy atom. The number of rotatable bonds is 8. The van der Waals surface area contributed by atoms with Crippen LogP contribution in [0.15, 0.2) is 30.3 Å². The number of nitrogens with zero attached hydrogens (tertiary/aromatic N) is 1. The van der Waals surface area contributed by atoms with E-state index in [1.165, 1.54) is 83.0 Å². The van der Waals surface area contributed by atoms with Gasteiger partial charge in [-0.15, -0.1) is 0 Å². The van der Waals surface area contributed by atoms with E-state index in [0.29, 0.717) is 11.8 Å². The van der Waals surface area contributed by atoms with Crippen LogP contribution < -0.4 is 10.1 Å². The summed E-state index contributed by atoms with van der Waals surface area (Å²) in [6, 6.07) is 8.63. The van der Waals surface area contributed by atoms with E-state index < -0.39 is 0 Å². The van der Waals surface area contributed by atoms with E-state index in [-0.39, 0.29) is 6.23 Å². The fourth-order valence-corrected chi connectivity index (χ4v) is 5.57. The summed E-state index contributed by atoms with van der Waals surface area (Å²) in [4.78, 5) is 2.65. The van der Waals surface area contributed by atoms with Crippen LogP contribution in [0.4, 0.5) is 0 Å². The highest BCUT2D eigenvalue weighted by Gasteiger charge is 2.28. The number of allylic oxidation sites excluding steroid dienone is 1. The van der Waals surface area contributed by atoms with Crippen LogP contribution in [0, 0.1) is 17.8 Å². The number of nitrogens with one attached hydrogen (secondary N) is 1. The van der Waals surface area contributed by atoms with Crippen molar-refractivity contribution in [3.63, 3.8) is 0 Å². The lowest BCUT2D eigenvalue weighted by molar-refractivity contribution is -0.0104. The lowest BCUT2D eigenvalue weighted by atomic mass is 9.90. The Hall–Kier alpha value is -1.36. The molecule has 2 unspecified atom stereocenters. The second kappa shape index (κ2) is 12.0. The zero-order valence-corrected chi connectivity index (χ0v) is 19.4. The Labute approximate surface area is 189 Å². The zero-order valence-electron chi connectivity index (χ0n) is 19.4. The third-order valence-electron chi connectivity index (χ3n) is 7.53. The number of piperidine rings is 2. The molecular formula is C27H42N2O2. The van der Waals surface area contributed by atoms with Gasteiger partial charge in [0, 0.05) is 19.6 Å². The van der Waals surface area contributed by atoms with E-state index in [1.54, 1.807) is 0 Å². The zero-order chi connectivity index (χ0) is 21.3. The molecule has 0 amide bonds. The smallest absolute Gasteiger partial charge is 0.119 e. The number of likely N-dealkylation sites (tertiary alicyclic amines) is 1. The molecule has 0 bridgehead atoms. The van der Waals surface area contributed by atoms with Crippen LogP contribution in [0.3, 0.4) is 0 Å². The topological polar surface area (TPSA) is 33.7 Å². The molecule has 0 aromatic heterocycles. The summed E-state index contributed by atoms with van der Waals surface area (Å²) in [6.07, 6.45) is 16.9. The fourth-order valence-electron chi connectivity index (χ4n) is 5.57. The van der Waals surface area contributed by atoms with Crippen molar-refractivity contribution in [3.8, 4) is 5.75 Å². The Morgan fingerprint density at radius 1 is 1.03 bits per heavy atom. The Bertz CT molecular complexity index is 678. The molecule has 4 nitrogen and oxygen atoms in total. The number of benzene rings is 1. The molecule has 0 spiro atoms. The molecule has 31 heavy (non-hydrogen) atoms. The summed E-state index contributed by atoms with van der Waals surface area (Å²) in [5.74, 6) is 3.09. The molecule has 2 aliphatic heterocycles. The monoisotopic (exact) mass is 426 g/mol. The van der Waals surface area contributed by atoms with Crippen molar-refractivity contribution < 1.29 is 9.47 Å². The van der Waals surface area contributed by atoms with Gasteiger partial charge < -0.3 is 14.4 Å². The second-order valence-electron chi connectivity index (χ2n) is 9.90. The largest absolute Gasteiger partial charge is 0.493 e. The molecule has 3 fully saturated rings. The minimum Gasteiger partial charge on any atom is -0.493 e. The summed E-state index contributed by atoms with van der Waals surface area (Å²) in [7, 11) is 1.84. The van der Waals surface area contributed by atoms with Gasteiger partial charge in [-0.05, 0) is 87.7 Å². The molecule has 1 aliphatic carbocycles. The molecule has 2 saturated heterocycles. The Morgan fingerprint density at radius 2 is 1.87 bits per heavy atom. The average molecular weight is 427 g/mol. The van der Waals surface area contributed by atoms with Gasteiger partial charge in [-0.25, -0.2) is 0 Å². The van der Waals surface area contributed by atoms with Crippen LogP contribution in [0.25, 0.3) is 6.08 Å². The molecular weight excluding hydrogens is 384 g/mol. The van der Waals surface area contributed by atoms with E-state index >= 15 is 0 Å². The Balaban J connectivity index is 1.20. The molecule has 3 aliphatic rings. The highest BCUT2D eigenvalue weighted by atomic mass is 16.5. The highest BCUT2D eigenvalue weighted by molar-refractivity contribution is 5.52. The van der Waals surface area contributed by atoms with Gasteiger partial charge in [0.2, 0.25) is 0 Å². The van der Waals surface area contributed by atoms with Gasteiger partial charge in [0.05, 0.1) is 6.61 Å². The molecule has 4 rings (SSSR count). The van der Waals surface area contributed by atoms with Crippen molar-refractivity contribution in [2.45, 2.75) is 64.0 Å². The predicted octanol–water partition coefficient (Wildman–Crippen LogP) is 5.34. The maximum Gasteiger partial charge on any atom is 0.119 e. The van der Waals surface area contributed by atoms with Crippen LogP contribution >= 0.6 is 0 Å². The fraction of sp³-hybridized carbons (Fsp3) is 0.704. The van der Waals surface area contributed by atoms with Gasteiger partial charge in [-0.3, -0.25) is 5.32 Å². The Kier molecular flexibility index (Phi) is 8.86. The van der Waals surface area contributed by atoms with Crippen LogP contribution in [-0.4, -0.2) is 51.0 Å². The minimum absolute atomic E-state index is 0.235. The third kappa shape index (κ3) is 7.06. The maximum atomic E-state index is 6.13. The van der Waals surface area contributed by atoms with Crippen molar-refractivity contribution in [1.82, 2.24) is 10.2 Å². The van der Waals surface area contributed by atoms with E-state index in [4.69, 9.17) is 9.47 Å². The molecule has 172 valence electrons. The normalized spacial score (nSPS) is 27.0. The third-order valence-corrected chi connectivity index (χ3v) is 7.53. The van der Waals surface area contributed by atoms with Gasteiger partial charge in [0.15, 0.2) is 0 Å². The van der Waals surface area contributed by atoms with Crippen molar-refractivity contribution in [3.05, 3.63) is 35.9 Å². The SMILES string of the molecule is COC1NCCCC1CN1CCC(C=Cc2cccc(OCC3CCCCC3)c2)CC1.